The number of hydrogen-bond donors (Lipinski definition) is 0. The van der Waals surface area contributed by atoms with E-state index in [9.17, 15) is 0 Å². The first-order chi connectivity index (χ1) is 27.3. The molecule has 0 fully saturated rings. The lowest BCUT2D eigenvalue weighted by Gasteiger charge is -2.15. The number of para-hydroxylation sites is 2. The van der Waals surface area contributed by atoms with Crippen molar-refractivity contribution < 1.29 is 0 Å². The minimum Gasteiger partial charge on any atom is -0.276 e. The molecule has 3 nitrogen and oxygen atoms in total. The molecule has 0 unspecified atom stereocenters. The van der Waals surface area contributed by atoms with Crippen molar-refractivity contribution in [2.75, 3.05) is 0 Å². The van der Waals surface area contributed by atoms with Gasteiger partial charge in [-0.3, -0.25) is 4.57 Å². The van der Waals surface area contributed by atoms with Crippen LogP contribution in [0, 0.1) is 0 Å². The first kappa shape index (κ1) is 29.8. The second-order valence-corrected chi connectivity index (χ2v) is 16.6. The molecule has 0 saturated carbocycles. The Balaban J connectivity index is 1.25. The van der Waals surface area contributed by atoms with E-state index in [1.807, 2.05) is 22.7 Å². The summed E-state index contributed by atoms with van der Waals surface area (Å²) in [5, 5.41) is 16.3. The van der Waals surface area contributed by atoms with Gasteiger partial charge in [-0.1, -0.05) is 127 Å². The molecule has 0 N–H and O–H groups in total. The zero-order valence-electron chi connectivity index (χ0n) is 29.2. The highest BCUT2D eigenvalue weighted by Crippen LogP contribution is 2.51. The van der Waals surface area contributed by atoms with Gasteiger partial charge in [-0.25, -0.2) is 9.97 Å². The van der Waals surface area contributed by atoms with Gasteiger partial charge in [0, 0.05) is 68.1 Å². The number of rotatable bonds is 2. The number of thiophene rings is 2. The molecule has 0 saturated heterocycles. The maximum absolute atomic E-state index is 5.60. The predicted octanol–water partition coefficient (Wildman–Crippen LogP) is 14.6. The van der Waals surface area contributed by atoms with Crippen LogP contribution in [0.3, 0.4) is 0 Å². The number of hydrogen-bond acceptors (Lipinski definition) is 4. The molecule has 13 rings (SSSR count). The molecule has 0 radical (unpaired) electrons. The van der Waals surface area contributed by atoms with Crippen molar-refractivity contribution >= 4 is 128 Å². The molecule has 4 aromatic heterocycles. The number of aromatic nitrogens is 3. The summed E-state index contributed by atoms with van der Waals surface area (Å²) in [4.78, 5) is 11.0. The Labute approximate surface area is 322 Å². The molecule has 0 amide bonds. The first-order valence-corrected chi connectivity index (χ1v) is 20.2. The maximum Gasteiger partial charge on any atom is 0.235 e. The van der Waals surface area contributed by atoms with E-state index in [1.54, 1.807) is 0 Å². The fourth-order valence-corrected chi connectivity index (χ4v) is 11.6. The van der Waals surface area contributed by atoms with Crippen molar-refractivity contribution in [1.82, 2.24) is 14.5 Å². The van der Waals surface area contributed by atoms with E-state index in [2.05, 4.69) is 168 Å². The van der Waals surface area contributed by atoms with Crippen LogP contribution >= 0.6 is 22.7 Å². The van der Waals surface area contributed by atoms with E-state index in [1.165, 1.54) is 83.4 Å². The molecule has 254 valence electrons. The summed E-state index contributed by atoms with van der Waals surface area (Å²) in [5.74, 6) is 0.679. The normalized spacial score (nSPS) is 12.4. The van der Waals surface area contributed by atoms with E-state index in [4.69, 9.17) is 9.97 Å². The van der Waals surface area contributed by atoms with Gasteiger partial charge in [-0.15, -0.1) is 22.7 Å². The summed E-state index contributed by atoms with van der Waals surface area (Å²) in [7, 11) is 0. The lowest BCUT2D eigenvalue weighted by atomic mass is 9.89. The second kappa shape index (κ2) is 11.0. The zero-order chi connectivity index (χ0) is 35.8. The molecule has 55 heavy (non-hydrogen) atoms. The second-order valence-electron chi connectivity index (χ2n) is 14.4. The van der Waals surface area contributed by atoms with Crippen LogP contribution < -0.4 is 0 Å². The molecular formula is C50H27N3S2. The van der Waals surface area contributed by atoms with Crippen LogP contribution in [0.4, 0.5) is 0 Å². The van der Waals surface area contributed by atoms with Crippen molar-refractivity contribution in [2.45, 2.75) is 0 Å². The van der Waals surface area contributed by atoms with E-state index in [-0.39, 0.29) is 0 Å². The van der Waals surface area contributed by atoms with Gasteiger partial charge in [0.15, 0.2) is 0 Å². The van der Waals surface area contributed by atoms with Crippen molar-refractivity contribution in [3.8, 4) is 17.2 Å². The minimum absolute atomic E-state index is 0.679. The predicted molar refractivity (Wildman–Crippen MR) is 238 cm³/mol. The number of benzene rings is 9. The highest BCUT2D eigenvalue weighted by Gasteiger charge is 2.26. The van der Waals surface area contributed by atoms with Crippen LogP contribution in [-0.2, 0) is 0 Å². The summed E-state index contributed by atoms with van der Waals surface area (Å²) in [6, 6.07) is 59.6. The van der Waals surface area contributed by atoms with E-state index in [0.717, 1.165) is 33.2 Å². The molecule has 9 aromatic carbocycles. The largest absolute Gasteiger partial charge is 0.276 e. The van der Waals surface area contributed by atoms with Gasteiger partial charge in [0.2, 0.25) is 5.95 Å². The van der Waals surface area contributed by atoms with Crippen LogP contribution in [0.15, 0.2) is 164 Å². The summed E-state index contributed by atoms with van der Waals surface area (Å²) < 4.78 is 7.47. The molecule has 13 aromatic rings. The van der Waals surface area contributed by atoms with E-state index < -0.39 is 0 Å². The highest BCUT2D eigenvalue weighted by molar-refractivity contribution is 7.27. The van der Waals surface area contributed by atoms with Gasteiger partial charge < -0.3 is 0 Å². The average molecular weight is 734 g/mol. The molecule has 0 bridgehead atoms. The molecular weight excluding hydrogens is 707 g/mol. The van der Waals surface area contributed by atoms with Crippen molar-refractivity contribution in [2.24, 2.45) is 0 Å². The summed E-state index contributed by atoms with van der Waals surface area (Å²) in [6.45, 7) is 0. The van der Waals surface area contributed by atoms with Gasteiger partial charge in [-0.2, -0.15) is 0 Å². The molecule has 0 aliphatic heterocycles. The monoisotopic (exact) mass is 733 g/mol. The summed E-state index contributed by atoms with van der Waals surface area (Å²) in [6.07, 6.45) is 0. The summed E-state index contributed by atoms with van der Waals surface area (Å²) in [5.41, 5.74) is 5.21. The third-order valence-electron chi connectivity index (χ3n) is 11.6. The quantitative estimate of drug-likeness (QED) is 0.166. The van der Waals surface area contributed by atoms with Crippen LogP contribution in [0.25, 0.3) is 123 Å². The highest BCUT2D eigenvalue weighted by atomic mass is 32.1. The Morgan fingerprint density at radius 1 is 0.382 bits per heavy atom. The third kappa shape index (κ3) is 3.98. The van der Waals surface area contributed by atoms with Gasteiger partial charge in [0.25, 0.3) is 0 Å². The average Bonchev–Trinajstić information content (AvgIpc) is 3.93. The Morgan fingerprint density at radius 2 is 0.945 bits per heavy atom. The van der Waals surface area contributed by atoms with Crippen LogP contribution in [0.2, 0.25) is 0 Å². The first-order valence-electron chi connectivity index (χ1n) is 18.6. The SMILES string of the molecule is c1ccc2c(-c3ccc4sc5ccccc5c4c3)nc(-n3c4ccccc4c4c5c6ccccc6c6ccccc6c5c5c6ccccc6sc5c43)nc2c1. The Hall–Kier alpha value is -6.66. The van der Waals surface area contributed by atoms with Crippen LogP contribution in [0.1, 0.15) is 0 Å². The zero-order valence-corrected chi connectivity index (χ0v) is 30.9. The number of fused-ring (bicyclic) bond motifs is 19. The van der Waals surface area contributed by atoms with Crippen LogP contribution in [-0.4, -0.2) is 14.5 Å². The Morgan fingerprint density at radius 3 is 1.71 bits per heavy atom. The van der Waals surface area contributed by atoms with Crippen molar-refractivity contribution in [3.63, 3.8) is 0 Å². The van der Waals surface area contributed by atoms with Gasteiger partial charge in [0.05, 0.1) is 26.9 Å². The lowest BCUT2D eigenvalue weighted by Crippen LogP contribution is -2.03. The fourth-order valence-electron chi connectivity index (χ4n) is 9.29. The molecule has 5 heteroatoms. The van der Waals surface area contributed by atoms with Crippen molar-refractivity contribution in [3.05, 3.63) is 164 Å². The smallest absolute Gasteiger partial charge is 0.235 e. The van der Waals surface area contributed by atoms with Crippen LogP contribution in [0.5, 0.6) is 0 Å². The summed E-state index contributed by atoms with van der Waals surface area (Å²) >= 11 is 3.72. The fraction of sp³-hybridized carbons (Fsp3) is 0. The molecule has 0 aliphatic rings. The molecule has 0 aliphatic carbocycles. The van der Waals surface area contributed by atoms with Gasteiger partial charge in [0.1, 0.15) is 0 Å². The van der Waals surface area contributed by atoms with Crippen molar-refractivity contribution in [1.29, 1.82) is 0 Å². The molecule has 0 spiro atoms. The third-order valence-corrected chi connectivity index (χ3v) is 13.9. The molecule has 4 heterocycles. The Kier molecular flexibility index (Phi) is 5.93. The standard InChI is InChI=1S/C50H27N3S2/c1-3-16-32-29(13-1)30-14-2-4-17-33(30)44-43(32)45-35-19-6-10-22-39(35)53(48(45)49-46(44)36-20-8-12-24-41(36)55-49)50-51-38-21-9-5-18-34(38)47(52-50)28-25-26-42-37(27-28)31-15-7-11-23-40(31)54-42/h1-27H. The maximum atomic E-state index is 5.60. The van der Waals surface area contributed by atoms with E-state index >= 15 is 0 Å². The Bertz CT molecular complexity index is 3790. The topological polar surface area (TPSA) is 30.7 Å². The van der Waals surface area contributed by atoms with Gasteiger partial charge in [-0.05, 0) is 57.9 Å². The van der Waals surface area contributed by atoms with E-state index in [0.29, 0.717) is 5.95 Å². The lowest BCUT2D eigenvalue weighted by molar-refractivity contribution is 1.02. The number of nitrogens with zero attached hydrogens (tertiary/aromatic N) is 3. The van der Waals surface area contributed by atoms with Gasteiger partial charge >= 0.3 is 0 Å². The molecule has 0 atom stereocenters. The minimum atomic E-state index is 0.679.